The molecule has 2 unspecified atom stereocenters. The van der Waals surface area contributed by atoms with Gasteiger partial charge in [-0.15, -0.1) is 24.8 Å². The summed E-state index contributed by atoms with van der Waals surface area (Å²) in [7, 11) is 0. The Morgan fingerprint density at radius 2 is 1.63 bits per heavy atom. The number of rotatable bonds is 7. The largest absolute Gasteiger partial charge is 0.462 e. The van der Waals surface area contributed by atoms with Crippen molar-refractivity contribution in [3.05, 3.63) is 35.9 Å². The predicted octanol–water partition coefficient (Wildman–Crippen LogP) is 2.51. The van der Waals surface area contributed by atoms with Crippen LogP contribution in [0.5, 0.6) is 0 Å². The summed E-state index contributed by atoms with van der Waals surface area (Å²) < 4.78 is 11.2. The second-order valence-corrected chi connectivity index (χ2v) is 8.15. The Hall–Kier alpha value is -0.890. The normalized spacial score (nSPS) is 26.1. The first-order chi connectivity index (χ1) is 13.3. The van der Waals surface area contributed by atoms with E-state index in [0.29, 0.717) is 18.5 Å². The summed E-state index contributed by atoms with van der Waals surface area (Å²) in [6.07, 6.45) is 6.25. The number of hydrogen-bond acceptors (Lipinski definition) is 5. The molecule has 3 heterocycles. The summed E-state index contributed by atoms with van der Waals surface area (Å²) in [5.41, 5.74) is 1.41. The number of fused-ring (bicyclic) bond motifs is 2. The summed E-state index contributed by atoms with van der Waals surface area (Å²) in [4.78, 5) is 17.3. The van der Waals surface area contributed by atoms with E-state index in [1.165, 1.54) is 18.4 Å². The van der Waals surface area contributed by atoms with Crippen molar-refractivity contribution < 1.29 is 19.7 Å². The second-order valence-electron chi connectivity index (χ2n) is 8.15. The number of nitrogens with zero attached hydrogens (tertiary/aromatic N) is 2. The molecule has 0 aromatic heterocycles. The molecule has 0 amide bonds. The summed E-state index contributed by atoms with van der Waals surface area (Å²) in [5.74, 6) is -0.0244. The van der Waals surface area contributed by atoms with Crippen molar-refractivity contribution in [3.63, 3.8) is 0 Å². The van der Waals surface area contributed by atoms with Gasteiger partial charge in [-0.1, -0.05) is 30.3 Å². The van der Waals surface area contributed by atoms with Gasteiger partial charge in [-0.3, -0.25) is 14.6 Å². The molecule has 2 bridgehead atoms. The van der Waals surface area contributed by atoms with Crippen LogP contribution in [0.15, 0.2) is 30.3 Å². The molecule has 1 aromatic carbocycles. The maximum atomic E-state index is 12.3. The van der Waals surface area contributed by atoms with Crippen LogP contribution in [0.4, 0.5) is 0 Å². The van der Waals surface area contributed by atoms with Gasteiger partial charge in [0.1, 0.15) is 6.10 Å². The summed E-state index contributed by atoms with van der Waals surface area (Å²) >= 11 is 0. The zero-order valence-corrected chi connectivity index (χ0v) is 19.2. The van der Waals surface area contributed by atoms with E-state index in [2.05, 4.69) is 40.1 Å². The molecule has 2 N–H and O–H groups in total. The molecule has 3 aliphatic rings. The number of esters is 1. The molecular weight excluding hydrogens is 427 g/mol. The lowest BCUT2D eigenvalue weighted by Crippen LogP contribution is -2.46. The monoisotopic (exact) mass is 462 g/mol. The first-order valence-corrected chi connectivity index (χ1v) is 10.6. The highest BCUT2D eigenvalue weighted by molar-refractivity contribution is 5.85. The average molecular weight is 463 g/mol. The van der Waals surface area contributed by atoms with Crippen LogP contribution >= 0.6 is 24.8 Å². The highest BCUT2D eigenvalue weighted by atomic mass is 35.5. The van der Waals surface area contributed by atoms with Crippen molar-refractivity contribution in [2.24, 2.45) is 0 Å². The number of carbonyl (C=O) groups is 1. The fourth-order valence-corrected chi connectivity index (χ4v) is 4.91. The second kappa shape index (κ2) is 13.5. The van der Waals surface area contributed by atoms with Gasteiger partial charge in [0.15, 0.2) is 0 Å². The van der Waals surface area contributed by atoms with Crippen LogP contribution in [0.1, 0.15) is 37.7 Å². The van der Waals surface area contributed by atoms with Crippen LogP contribution in [-0.4, -0.2) is 78.8 Å². The SMILES string of the molecule is Cl.Cl.O.O=C(CCN1CCOCC1)OC1CC2CCC(C1)N2CCc1ccccc1. The van der Waals surface area contributed by atoms with Crippen LogP contribution in [0.2, 0.25) is 0 Å². The van der Waals surface area contributed by atoms with E-state index in [1.807, 2.05) is 0 Å². The van der Waals surface area contributed by atoms with Gasteiger partial charge in [0.25, 0.3) is 0 Å². The fourth-order valence-electron chi connectivity index (χ4n) is 4.91. The van der Waals surface area contributed by atoms with Crippen molar-refractivity contribution in [3.8, 4) is 0 Å². The first-order valence-electron chi connectivity index (χ1n) is 10.6. The molecule has 0 saturated carbocycles. The van der Waals surface area contributed by atoms with Crippen LogP contribution < -0.4 is 0 Å². The molecule has 3 saturated heterocycles. The molecule has 2 atom stereocenters. The molecular formula is C22H36Cl2N2O4. The Morgan fingerprint density at radius 3 is 2.27 bits per heavy atom. The molecule has 4 rings (SSSR count). The number of morpholine rings is 1. The Morgan fingerprint density at radius 1 is 1.00 bits per heavy atom. The molecule has 6 nitrogen and oxygen atoms in total. The van der Waals surface area contributed by atoms with Gasteiger partial charge in [0.05, 0.1) is 19.6 Å². The molecule has 0 spiro atoms. The van der Waals surface area contributed by atoms with E-state index in [-0.39, 0.29) is 42.4 Å². The molecule has 172 valence electrons. The van der Waals surface area contributed by atoms with Gasteiger partial charge in [-0.25, -0.2) is 0 Å². The van der Waals surface area contributed by atoms with E-state index in [0.717, 1.165) is 58.7 Å². The third-order valence-electron chi connectivity index (χ3n) is 6.38. The average Bonchev–Trinajstić information content (AvgIpc) is 2.95. The van der Waals surface area contributed by atoms with E-state index < -0.39 is 0 Å². The van der Waals surface area contributed by atoms with Gasteiger partial charge in [-0.05, 0) is 24.8 Å². The number of hydrogen-bond donors (Lipinski definition) is 0. The lowest BCUT2D eigenvalue weighted by Gasteiger charge is -2.38. The lowest BCUT2D eigenvalue weighted by molar-refractivity contribution is -0.153. The Bertz CT molecular complexity index is 602. The number of carbonyl (C=O) groups excluding carboxylic acids is 1. The van der Waals surface area contributed by atoms with Crippen molar-refractivity contribution >= 4 is 30.8 Å². The van der Waals surface area contributed by atoms with E-state index in [9.17, 15) is 4.79 Å². The van der Waals surface area contributed by atoms with E-state index in [4.69, 9.17) is 9.47 Å². The van der Waals surface area contributed by atoms with Gasteiger partial charge < -0.3 is 14.9 Å². The number of benzene rings is 1. The van der Waals surface area contributed by atoms with Crippen LogP contribution in [-0.2, 0) is 20.7 Å². The van der Waals surface area contributed by atoms with Crippen molar-refractivity contribution in [2.75, 3.05) is 39.4 Å². The summed E-state index contributed by atoms with van der Waals surface area (Å²) in [6.45, 7) is 5.33. The van der Waals surface area contributed by atoms with Crippen molar-refractivity contribution in [1.29, 1.82) is 0 Å². The molecule has 30 heavy (non-hydrogen) atoms. The Balaban J connectivity index is 0.00000150. The molecule has 3 aliphatic heterocycles. The highest BCUT2D eigenvalue weighted by Crippen LogP contribution is 2.37. The molecule has 1 aromatic rings. The van der Waals surface area contributed by atoms with Crippen molar-refractivity contribution in [1.82, 2.24) is 9.80 Å². The fraction of sp³-hybridized carbons (Fsp3) is 0.682. The first kappa shape index (κ1) is 27.1. The smallest absolute Gasteiger partial charge is 0.307 e. The Kier molecular flexibility index (Phi) is 12.2. The van der Waals surface area contributed by atoms with Gasteiger partial charge in [0, 0.05) is 51.1 Å². The van der Waals surface area contributed by atoms with Gasteiger partial charge in [-0.2, -0.15) is 0 Å². The number of ether oxygens (including phenoxy) is 2. The minimum atomic E-state index is -0.0244. The predicted molar refractivity (Wildman–Crippen MR) is 123 cm³/mol. The molecule has 3 fully saturated rings. The molecule has 0 aliphatic carbocycles. The minimum absolute atomic E-state index is 0. The highest BCUT2D eigenvalue weighted by Gasteiger charge is 2.41. The zero-order valence-electron chi connectivity index (χ0n) is 17.5. The van der Waals surface area contributed by atoms with E-state index in [1.54, 1.807) is 0 Å². The third kappa shape index (κ3) is 7.36. The maximum absolute atomic E-state index is 12.3. The van der Waals surface area contributed by atoms with Gasteiger partial charge >= 0.3 is 5.97 Å². The van der Waals surface area contributed by atoms with E-state index >= 15 is 0 Å². The number of piperidine rings is 1. The molecule has 0 radical (unpaired) electrons. The topological polar surface area (TPSA) is 73.5 Å². The van der Waals surface area contributed by atoms with Crippen molar-refractivity contribution in [2.45, 2.75) is 56.7 Å². The third-order valence-corrected chi connectivity index (χ3v) is 6.38. The quantitative estimate of drug-likeness (QED) is 0.581. The van der Waals surface area contributed by atoms with Gasteiger partial charge in [0.2, 0.25) is 0 Å². The summed E-state index contributed by atoms with van der Waals surface area (Å²) in [5, 5.41) is 0. The van der Waals surface area contributed by atoms with Crippen LogP contribution in [0.3, 0.4) is 0 Å². The van der Waals surface area contributed by atoms with Crippen LogP contribution in [0, 0.1) is 0 Å². The number of halogens is 2. The molecule has 8 heteroatoms. The summed E-state index contributed by atoms with van der Waals surface area (Å²) in [6, 6.07) is 11.9. The minimum Gasteiger partial charge on any atom is -0.462 e. The Labute approximate surface area is 192 Å². The lowest BCUT2D eigenvalue weighted by atomic mass is 9.98. The zero-order chi connectivity index (χ0) is 18.5. The standard InChI is InChI=1S/C22H32N2O3.2ClH.H2O/c25-22(9-10-23-12-14-26-15-13-23)27-21-16-19-6-7-20(17-21)24(19)11-8-18-4-2-1-3-5-18;;;/h1-5,19-21H,6-17H2;2*1H;1H2. The maximum Gasteiger partial charge on any atom is 0.307 e. The van der Waals surface area contributed by atoms with Crippen LogP contribution in [0.25, 0.3) is 0 Å².